The molecule has 2 nitrogen and oxygen atoms in total. The van der Waals surface area contributed by atoms with E-state index in [2.05, 4.69) is 0 Å². The average Bonchev–Trinajstić information content (AvgIpc) is 2.16. The molecule has 0 spiro atoms. The molecule has 0 radical (unpaired) electrons. The summed E-state index contributed by atoms with van der Waals surface area (Å²) >= 11 is 0. The van der Waals surface area contributed by atoms with Crippen LogP contribution < -0.4 is 0 Å². The fourth-order valence-corrected chi connectivity index (χ4v) is 1.23. The van der Waals surface area contributed by atoms with Gasteiger partial charge in [0.1, 0.15) is 0 Å². The van der Waals surface area contributed by atoms with E-state index < -0.39 is 12.2 Å². The minimum absolute atomic E-state index is 0.454. The quantitative estimate of drug-likeness (QED) is 0.538. The Kier molecular flexibility index (Phi) is 4.65. The number of aliphatic hydroxyl groups is 2. The number of hydrogen-bond donors (Lipinski definition) is 2. The Bertz CT molecular complexity index is 73.3. The third kappa shape index (κ3) is 2.67. The van der Waals surface area contributed by atoms with E-state index >= 15 is 0 Å². The first-order chi connectivity index (χ1) is 4.70. The van der Waals surface area contributed by atoms with E-state index in [1.165, 1.54) is 0 Å². The standard InChI is InChI=1S/C6H12O2.C2H6/c1-4-2-5(7)6(8)3-4;1-2/h4-8H,2-3H2,1H3;1-2H3. The predicted octanol–water partition coefficient (Wildman–Crippen LogP) is 1.16. The van der Waals surface area contributed by atoms with Crippen molar-refractivity contribution in [2.45, 2.75) is 45.8 Å². The molecule has 2 atom stereocenters. The normalized spacial score (nSPS) is 38.7. The maximum absolute atomic E-state index is 8.92. The molecule has 0 aliphatic heterocycles. The van der Waals surface area contributed by atoms with Crippen molar-refractivity contribution in [3.63, 3.8) is 0 Å². The minimum atomic E-state index is -0.454. The lowest BCUT2D eigenvalue weighted by Gasteiger charge is -2.03. The van der Waals surface area contributed by atoms with Crippen LogP contribution in [0.25, 0.3) is 0 Å². The summed E-state index contributed by atoms with van der Waals surface area (Å²) in [4.78, 5) is 0. The van der Waals surface area contributed by atoms with Crippen molar-refractivity contribution in [1.82, 2.24) is 0 Å². The second kappa shape index (κ2) is 4.69. The van der Waals surface area contributed by atoms with Crippen LogP contribution in [0.3, 0.4) is 0 Å². The lowest BCUT2D eigenvalue weighted by molar-refractivity contribution is 0.0438. The molecular weight excluding hydrogens is 128 g/mol. The van der Waals surface area contributed by atoms with Crippen molar-refractivity contribution in [2.75, 3.05) is 0 Å². The largest absolute Gasteiger partial charge is 0.390 e. The van der Waals surface area contributed by atoms with Crippen LogP contribution >= 0.6 is 0 Å². The van der Waals surface area contributed by atoms with Gasteiger partial charge < -0.3 is 10.2 Å². The highest BCUT2D eigenvalue weighted by Crippen LogP contribution is 2.24. The molecule has 0 heterocycles. The molecule has 1 rings (SSSR count). The van der Waals surface area contributed by atoms with E-state index in [0.29, 0.717) is 5.92 Å². The summed E-state index contributed by atoms with van der Waals surface area (Å²) in [5, 5.41) is 17.8. The van der Waals surface area contributed by atoms with Gasteiger partial charge in [-0.2, -0.15) is 0 Å². The lowest BCUT2D eigenvalue weighted by Crippen LogP contribution is -2.17. The molecule has 0 aromatic heterocycles. The van der Waals surface area contributed by atoms with Crippen LogP contribution in [0.4, 0.5) is 0 Å². The Morgan fingerprint density at radius 2 is 1.30 bits per heavy atom. The molecule has 1 saturated carbocycles. The van der Waals surface area contributed by atoms with Crippen molar-refractivity contribution >= 4 is 0 Å². The number of rotatable bonds is 0. The first-order valence-electron chi connectivity index (χ1n) is 4.06. The average molecular weight is 146 g/mol. The molecular formula is C8H18O2. The molecule has 0 amide bonds. The summed E-state index contributed by atoms with van der Waals surface area (Å²) < 4.78 is 0. The van der Waals surface area contributed by atoms with Crippen LogP contribution in [0.1, 0.15) is 33.6 Å². The van der Waals surface area contributed by atoms with Gasteiger partial charge in [-0.3, -0.25) is 0 Å². The van der Waals surface area contributed by atoms with Gasteiger partial charge in [0.25, 0.3) is 0 Å². The zero-order valence-electron chi connectivity index (χ0n) is 7.04. The summed E-state index contributed by atoms with van der Waals surface area (Å²) in [6.07, 6.45) is 0.623. The highest BCUT2D eigenvalue weighted by atomic mass is 16.3. The molecule has 2 unspecified atom stereocenters. The number of hydrogen-bond acceptors (Lipinski definition) is 2. The molecule has 1 fully saturated rings. The van der Waals surface area contributed by atoms with E-state index in [9.17, 15) is 0 Å². The Morgan fingerprint density at radius 1 is 1.00 bits per heavy atom. The van der Waals surface area contributed by atoms with Gasteiger partial charge >= 0.3 is 0 Å². The van der Waals surface area contributed by atoms with Gasteiger partial charge in [0.15, 0.2) is 0 Å². The van der Waals surface area contributed by atoms with E-state index in [-0.39, 0.29) is 0 Å². The summed E-state index contributed by atoms with van der Waals surface area (Å²) in [5.41, 5.74) is 0. The van der Waals surface area contributed by atoms with Gasteiger partial charge in [0.2, 0.25) is 0 Å². The van der Waals surface area contributed by atoms with Gasteiger partial charge in [-0.05, 0) is 18.8 Å². The fraction of sp³-hybridized carbons (Fsp3) is 1.00. The van der Waals surface area contributed by atoms with Crippen molar-refractivity contribution in [3.8, 4) is 0 Å². The van der Waals surface area contributed by atoms with Crippen LogP contribution in [0, 0.1) is 5.92 Å². The number of aliphatic hydroxyl groups excluding tert-OH is 2. The highest BCUT2D eigenvalue weighted by Gasteiger charge is 2.27. The molecule has 0 aromatic carbocycles. The van der Waals surface area contributed by atoms with Crippen LogP contribution in [-0.2, 0) is 0 Å². The molecule has 2 N–H and O–H groups in total. The first kappa shape index (κ1) is 9.92. The van der Waals surface area contributed by atoms with E-state index in [0.717, 1.165) is 12.8 Å². The third-order valence-corrected chi connectivity index (χ3v) is 1.73. The second-order valence-corrected chi connectivity index (χ2v) is 2.71. The molecule has 0 aromatic rings. The summed E-state index contributed by atoms with van der Waals surface area (Å²) in [6.45, 7) is 6.04. The van der Waals surface area contributed by atoms with Crippen molar-refractivity contribution in [1.29, 1.82) is 0 Å². The van der Waals surface area contributed by atoms with Crippen molar-refractivity contribution < 1.29 is 10.2 Å². The molecule has 1 aliphatic carbocycles. The van der Waals surface area contributed by atoms with Gasteiger partial charge in [0, 0.05) is 0 Å². The predicted molar refractivity (Wildman–Crippen MR) is 41.8 cm³/mol. The van der Waals surface area contributed by atoms with Gasteiger partial charge in [0.05, 0.1) is 12.2 Å². The molecule has 62 valence electrons. The minimum Gasteiger partial charge on any atom is -0.390 e. The Morgan fingerprint density at radius 3 is 1.40 bits per heavy atom. The molecule has 0 bridgehead atoms. The molecule has 10 heavy (non-hydrogen) atoms. The van der Waals surface area contributed by atoms with E-state index in [4.69, 9.17) is 10.2 Å². The van der Waals surface area contributed by atoms with Gasteiger partial charge in [-0.1, -0.05) is 20.8 Å². The smallest absolute Gasteiger partial charge is 0.0801 e. The summed E-state index contributed by atoms with van der Waals surface area (Å²) in [5.74, 6) is 0.500. The first-order valence-corrected chi connectivity index (χ1v) is 4.06. The van der Waals surface area contributed by atoms with Crippen molar-refractivity contribution in [3.05, 3.63) is 0 Å². The topological polar surface area (TPSA) is 40.5 Å². The van der Waals surface area contributed by atoms with Gasteiger partial charge in [-0.15, -0.1) is 0 Å². The zero-order valence-corrected chi connectivity index (χ0v) is 7.04. The second-order valence-electron chi connectivity index (χ2n) is 2.71. The lowest BCUT2D eigenvalue weighted by atomic mass is 10.1. The Labute approximate surface area is 62.9 Å². The Balaban J connectivity index is 0.000000371. The summed E-state index contributed by atoms with van der Waals surface area (Å²) in [6, 6.07) is 0. The maximum Gasteiger partial charge on any atom is 0.0801 e. The van der Waals surface area contributed by atoms with Crippen LogP contribution in [0.2, 0.25) is 0 Å². The monoisotopic (exact) mass is 146 g/mol. The van der Waals surface area contributed by atoms with Crippen LogP contribution in [0.15, 0.2) is 0 Å². The summed E-state index contributed by atoms with van der Waals surface area (Å²) in [7, 11) is 0. The van der Waals surface area contributed by atoms with E-state index in [1.54, 1.807) is 0 Å². The van der Waals surface area contributed by atoms with Crippen LogP contribution in [0.5, 0.6) is 0 Å². The Hall–Kier alpha value is -0.0800. The van der Waals surface area contributed by atoms with E-state index in [1.807, 2.05) is 20.8 Å². The van der Waals surface area contributed by atoms with Gasteiger partial charge in [-0.25, -0.2) is 0 Å². The molecule has 2 heteroatoms. The maximum atomic E-state index is 8.92. The third-order valence-electron chi connectivity index (χ3n) is 1.73. The highest BCUT2D eigenvalue weighted by molar-refractivity contribution is 4.79. The fourth-order valence-electron chi connectivity index (χ4n) is 1.23. The molecule has 0 saturated heterocycles. The SMILES string of the molecule is CC.CC1CC(O)C(O)C1. The van der Waals surface area contributed by atoms with Crippen LogP contribution in [-0.4, -0.2) is 22.4 Å². The zero-order chi connectivity index (χ0) is 8.15. The van der Waals surface area contributed by atoms with Crippen molar-refractivity contribution in [2.24, 2.45) is 5.92 Å². The molecule has 1 aliphatic rings.